The second kappa shape index (κ2) is 9.95. The van der Waals surface area contributed by atoms with Gasteiger partial charge in [-0.25, -0.2) is 4.98 Å². The average molecular weight is 455 g/mol. The van der Waals surface area contributed by atoms with Gasteiger partial charge in [0.15, 0.2) is 0 Å². The van der Waals surface area contributed by atoms with Crippen LogP contribution in [0.5, 0.6) is 5.75 Å². The fourth-order valence-electron chi connectivity index (χ4n) is 5.11. The Kier molecular flexibility index (Phi) is 7.02. The molecule has 0 unspecified atom stereocenters. The molecule has 2 aromatic rings. The Morgan fingerprint density at radius 1 is 1.21 bits per heavy atom. The molecule has 4 rings (SSSR count). The van der Waals surface area contributed by atoms with Gasteiger partial charge in [0.05, 0.1) is 32.2 Å². The van der Waals surface area contributed by atoms with E-state index in [4.69, 9.17) is 10.5 Å². The van der Waals surface area contributed by atoms with Gasteiger partial charge in [-0.3, -0.25) is 9.59 Å². The van der Waals surface area contributed by atoms with Gasteiger partial charge in [-0.15, -0.1) is 0 Å². The smallest absolute Gasteiger partial charge is 0.246 e. The number of carbonyl (C=O) groups excluding carboxylic acids is 2. The second-order valence-corrected chi connectivity index (χ2v) is 9.48. The molecule has 2 fully saturated rings. The van der Waals surface area contributed by atoms with Gasteiger partial charge >= 0.3 is 0 Å². The predicted molar refractivity (Wildman–Crippen MR) is 124 cm³/mol. The van der Waals surface area contributed by atoms with Crippen LogP contribution in [0.15, 0.2) is 36.8 Å². The minimum absolute atomic E-state index is 0.0230. The summed E-state index contributed by atoms with van der Waals surface area (Å²) in [7, 11) is 1.62. The van der Waals surface area contributed by atoms with Gasteiger partial charge in [-0.1, -0.05) is 31.4 Å². The normalized spacial score (nSPS) is 19.0. The van der Waals surface area contributed by atoms with E-state index in [-0.39, 0.29) is 24.2 Å². The van der Waals surface area contributed by atoms with E-state index in [2.05, 4.69) is 4.98 Å². The van der Waals surface area contributed by atoms with E-state index in [0.717, 1.165) is 42.7 Å². The molecule has 1 saturated heterocycles. The number of primary amides is 1. The lowest BCUT2D eigenvalue weighted by molar-refractivity contribution is -0.172. The summed E-state index contributed by atoms with van der Waals surface area (Å²) in [4.78, 5) is 30.9. The zero-order chi connectivity index (χ0) is 23.4. The Morgan fingerprint density at radius 3 is 2.55 bits per heavy atom. The summed E-state index contributed by atoms with van der Waals surface area (Å²) >= 11 is 0. The van der Waals surface area contributed by atoms with Gasteiger partial charge in [-0.2, -0.15) is 0 Å². The molecule has 1 aromatic carbocycles. The Hall–Kier alpha value is -2.87. The first-order valence-corrected chi connectivity index (χ1v) is 11.8. The molecule has 0 spiro atoms. The molecule has 33 heavy (non-hydrogen) atoms. The first-order chi connectivity index (χ1) is 15.9. The molecule has 0 bridgehead atoms. The van der Waals surface area contributed by atoms with E-state index in [1.165, 1.54) is 6.42 Å². The number of aryl methyl sites for hydroxylation is 1. The van der Waals surface area contributed by atoms with Crippen LogP contribution in [0.1, 0.15) is 55.8 Å². The first kappa shape index (κ1) is 23.3. The lowest BCUT2D eigenvalue weighted by atomic mass is 9.72. The van der Waals surface area contributed by atoms with Gasteiger partial charge in [0, 0.05) is 19.0 Å². The molecule has 8 nitrogen and oxygen atoms in total. The van der Waals surface area contributed by atoms with E-state index >= 15 is 0 Å². The predicted octanol–water partition coefficient (Wildman–Crippen LogP) is 2.25. The third-order valence-electron chi connectivity index (χ3n) is 7.12. The molecule has 2 heterocycles. The number of ether oxygens (including phenoxy) is 1. The van der Waals surface area contributed by atoms with E-state index in [1.54, 1.807) is 18.3 Å². The quantitative estimate of drug-likeness (QED) is 0.604. The molecule has 0 radical (unpaired) electrons. The maximum absolute atomic E-state index is 13.6. The van der Waals surface area contributed by atoms with Crippen molar-refractivity contribution in [1.82, 2.24) is 14.5 Å². The Bertz CT molecular complexity index is 959. The highest BCUT2D eigenvalue weighted by Crippen LogP contribution is 2.39. The molecular weight excluding hydrogens is 420 g/mol. The van der Waals surface area contributed by atoms with Gasteiger partial charge in [0.2, 0.25) is 11.8 Å². The fourth-order valence-corrected chi connectivity index (χ4v) is 5.11. The SMILES string of the molecule is COc1ccc(C[C@@H](C(=O)N2CC(O)(C3CCCCC3)C2)n2cnc(CCC(N)=O)c2)cc1. The zero-order valence-corrected chi connectivity index (χ0v) is 19.3. The molecule has 2 aliphatic rings. The summed E-state index contributed by atoms with van der Waals surface area (Å²) in [6.07, 6.45) is 10.2. The number of β-amino-alcohol motifs (C(OH)–C–C–N with tert-alkyl or cyclic N) is 1. The maximum atomic E-state index is 13.6. The van der Waals surface area contributed by atoms with Crippen LogP contribution < -0.4 is 10.5 Å². The minimum atomic E-state index is -0.762. The molecule has 1 atom stereocenters. The standard InChI is InChI=1S/C25H34N4O4/c1-33-21-10-7-18(8-11-21)13-22(28-14-20(27-17-28)9-12-23(26)30)24(31)29-15-25(32,16-29)19-5-3-2-4-6-19/h7-8,10-11,14,17,19,22,32H,2-6,9,12-13,15-16H2,1H3,(H2,26,30)/t22-/m0/s1. The summed E-state index contributed by atoms with van der Waals surface area (Å²) < 4.78 is 7.07. The molecule has 178 valence electrons. The number of likely N-dealkylation sites (tertiary alicyclic amines) is 1. The van der Waals surface area contributed by atoms with Crippen molar-refractivity contribution in [2.45, 2.75) is 63.0 Å². The average Bonchev–Trinajstić information content (AvgIpc) is 3.28. The van der Waals surface area contributed by atoms with Crippen LogP contribution in [0, 0.1) is 5.92 Å². The number of carbonyl (C=O) groups is 2. The first-order valence-electron chi connectivity index (χ1n) is 11.8. The number of hydrogen-bond acceptors (Lipinski definition) is 5. The third-order valence-corrected chi connectivity index (χ3v) is 7.12. The number of aromatic nitrogens is 2. The Labute approximate surface area is 194 Å². The van der Waals surface area contributed by atoms with Crippen molar-refractivity contribution < 1.29 is 19.4 Å². The van der Waals surface area contributed by atoms with Crippen LogP contribution in [0.4, 0.5) is 0 Å². The molecular formula is C25H34N4O4. The van der Waals surface area contributed by atoms with Crippen LogP contribution in [0.3, 0.4) is 0 Å². The van der Waals surface area contributed by atoms with Gasteiger partial charge in [-0.05, 0) is 42.9 Å². The summed E-state index contributed by atoms with van der Waals surface area (Å²) in [5.41, 5.74) is 6.23. The van der Waals surface area contributed by atoms with Crippen LogP contribution in [0.2, 0.25) is 0 Å². The molecule has 1 aliphatic heterocycles. The molecule has 1 aromatic heterocycles. The highest BCUT2D eigenvalue weighted by Gasteiger charge is 2.50. The lowest BCUT2D eigenvalue weighted by Crippen LogP contribution is -2.67. The number of nitrogens with zero attached hydrogens (tertiary/aromatic N) is 3. The number of benzene rings is 1. The van der Waals surface area contributed by atoms with Crippen molar-refractivity contribution in [3.05, 3.63) is 48.0 Å². The summed E-state index contributed by atoms with van der Waals surface area (Å²) in [6, 6.07) is 7.20. The Morgan fingerprint density at radius 2 is 1.91 bits per heavy atom. The van der Waals surface area contributed by atoms with Gasteiger partial charge < -0.3 is 25.0 Å². The van der Waals surface area contributed by atoms with Crippen LogP contribution >= 0.6 is 0 Å². The van der Waals surface area contributed by atoms with Crippen molar-refractivity contribution in [1.29, 1.82) is 0 Å². The number of nitrogens with two attached hydrogens (primary N) is 1. The van der Waals surface area contributed by atoms with Crippen LogP contribution in [0.25, 0.3) is 0 Å². The summed E-state index contributed by atoms with van der Waals surface area (Å²) in [6.45, 7) is 0.775. The van der Waals surface area contributed by atoms with Crippen molar-refractivity contribution >= 4 is 11.8 Å². The number of aliphatic hydroxyl groups is 1. The third kappa shape index (κ3) is 5.38. The topological polar surface area (TPSA) is 111 Å². The highest BCUT2D eigenvalue weighted by molar-refractivity contribution is 5.82. The Balaban J connectivity index is 1.49. The van der Waals surface area contributed by atoms with E-state index in [1.807, 2.05) is 35.0 Å². The molecule has 2 amide bonds. The largest absolute Gasteiger partial charge is 0.497 e. The number of imidazole rings is 1. The van der Waals surface area contributed by atoms with Crippen LogP contribution in [-0.4, -0.2) is 57.2 Å². The maximum Gasteiger partial charge on any atom is 0.246 e. The fraction of sp³-hybridized carbons (Fsp3) is 0.560. The van der Waals surface area contributed by atoms with E-state index in [0.29, 0.717) is 25.9 Å². The number of methoxy groups -OCH3 is 1. The highest BCUT2D eigenvalue weighted by atomic mass is 16.5. The number of amides is 2. The zero-order valence-electron chi connectivity index (χ0n) is 19.3. The van der Waals surface area contributed by atoms with E-state index in [9.17, 15) is 14.7 Å². The van der Waals surface area contributed by atoms with Crippen LogP contribution in [-0.2, 0) is 22.4 Å². The number of rotatable bonds is 9. The second-order valence-electron chi connectivity index (χ2n) is 9.48. The summed E-state index contributed by atoms with van der Waals surface area (Å²) in [5, 5.41) is 11.1. The minimum Gasteiger partial charge on any atom is -0.497 e. The number of hydrogen-bond donors (Lipinski definition) is 2. The molecule has 8 heteroatoms. The van der Waals surface area contributed by atoms with Crippen molar-refractivity contribution in [2.75, 3.05) is 20.2 Å². The summed E-state index contributed by atoms with van der Waals surface area (Å²) in [5.74, 6) is 0.644. The van der Waals surface area contributed by atoms with Crippen molar-refractivity contribution in [3.8, 4) is 5.75 Å². The molecule has 1 aliphatic carbocycles. The van der Waals surface area contributed by atoms with Gasteiger partial charge in [0.25, 0.3) is 0 Å². The monoisotopic (exact) mass is 454 g/mol. The van der Waals surface area contributed by atoms with Crippen molar-refractivity contribution in [3.63, 3.8) is 0 Å². The lowest BCUT2D eigenvalue weighted by Gasteiger charge is -2.52. The molecule has 3 N–H and O–H groups in total. The van der Waals surface area contributed by atoms with Gasteiger partial charge in [0.1, 0.15) is 17.4 Å². The van der Waals surface area contributed by atoms with Crippen molar-refractivity contribution in [2.24, 2.45) is 11.7 Å². The molecule has 1 saturated carbocycles. The van der Waals surface area contributed by atoms with E-state index < -0.39 is 11.6 Å².